The molecule has 0 spiro atoms. The maximum Gasteiger partial charge on any atom is 0.306 e. The largest absolute Gasteiger partial charge is 0.506 e. The van der Waals surface area contributed by atoms with Crippen molar-refractivity contribution in [2.24, 2.45) is 0 Å². The molecule has 5 nitrogen and oxygen atoms in total. The number of benzene rings is 2. The summed E-state index contributed by atoms with van der Waals surface area (Å²) < 4.78 is 4.79. The average Bonchev–Trinajstić information content (AvgIpc) is 2.60. The van der Waals surface area contributed by atoms with E-state index in [9.17, 15) is 20.0 Å². The van der Waals surface area contributed by atoms with Crippen molar-refractivity contribution in [2.75, 3.05) is 6.61 Å². The van der Waals surface area contributed by atoms with Gasteiger partial charge in [0.15, 0.2) is 5.78 Å². The molecule has 0 unspecified atom stereocenters. The third-order valence-electron chi connectivity index (χ3n) is 3.58. The normalized spacial score (nSPS) is 10.1. The summed E-state index contributed by atoms with van der Waals surface area (Å²) in [6.45, 7) is 1.91. The van der Waals surface area contributed by atoms with Crippen LogP contribution in [0, 0.1) is 11.3 Å². The Morgan fingerprint density at radius 3 is 2.60 bits per heavy atom. The summed E-state index contributed by atoms with van der Waals surface area (Å²) >= 11 is 6.17. The van der Waals surface area contributed by atoms with Crippen LogP contribution in [0.5, 0.6) is 5.75 Å². The van der Waals surface area contributed by atoms with Crippen molar-refractivity contribution in [1.29, 1.82) is 5.26 Å². The third kappa shape index (κ3) is 4.37. The predicted molar refractivity (Wildman–Crippen MR) is 93.5 cm³/mol. The van der Waals surface area contributed by atoms with Gasteiger partial charge in [0, 0.05) is 17.0 Å². The van der Waals surface area contributed by atoms with Crippen LogP contribution < -0.4 is 0 Å². The number of hydrogen-bond acceptors (Lipinski definition) is 5. The summed E-state index contributed by atoms with van der Waals surface area (Å²) in [6.07, 6.45) is -0.215. The molecule has 0 aliphatic heterocycles. The monoisotopic (exact) mass is 357 g/mol. The van der Waals surface area contributed by atoms with Crippen LogP contribution in [0.4, 0.5) is 0 Å². The molecular weight excluding hydrogens is 342 g/mol. The second kappa shape index (κ2) is 8.32. The van der Waals surface area contributed by atoms with E-state index in [-0.39, 0.29) is 30.6 Å². The molecular formula is C19H16ClNO4. The third-order valence-corrected chi connectivity index (χ3v) is 3.91. The molecule has 0 atom stereocenters. The van der Waals surface area contributed by atoms with E-state index in [0.29, 0.717) is 16.1 Å². The number of phenolic OH excluding ortho intramolecular Hbond substituents is 1. The first-order chi connectivity index (χ1) is 12.0. The number of phenols is 1. The Morgan fingerprint density at radius 2 is 1.96 bits per heavy atom. The number of nitriles is 1. The minimum Gasteiger partial charge on any atom is -0.506 e. The number of ether oxygens (including phenoxy) is 1. The minimum atomic E-state index is -0.488. The lowest BCUT2D eigenvalue weighted by Gasteiger charge is -2.10. The maximum absolute atomic E-state index is 12.4. The zero-order chi connectivity index (χ0) is 18.4. The van der Waals surface area contributed by atoms with Gasteiger partial charge in [0.2, 0.25) is 0 Å². The quantitative estimate of drug-likeness (QED) is 0.621. The Kier molecular flexibility index (Phi) is 6.15. The summed E-state index contributed by atoms with van der Waals surface area (Å²) in [7, 11) is 0. The van der Waals surface area contributed by atoms with Crippen molar-refractivity contribution >= 4 is 23.4 Å². The van der Waals surface area contributed by atoms with E-state index in [1.165, 1.54) is 12.1 Å². The highest BCUT2D eigenvalue weighted by atomic mass is 35.5. The predicted octanol–water partition coefficient (Wildman–Crippen LogP) is 4.11. The number of hydrogen-bond donors (Lipinski definition) is 1. The standard InChI is InChI=1S/C19H16ClNO4/c1-2-25-18(23)8-7-17(22)15-10-12(9-13(11-21)19(15)24)14-5-3-4-6-16(14)20/h3-6,9-10,24H,2,7-8H2,1H3. The summed E-state index contributed by atoms with van der Waals surface area (Å²) in [5.74, 6) is -1.33. The first-order valence-corrected chi connectivity index (χ1v) is 8.06. The molecule has 25 heavy (non-hydrogen) atoms. The van der Waals surface area contributed by atoms with E-state index < -0.39 is 17.5 Å². The van der Waals surface area contributed by atoms with Gasteiger partial charge in [-0.25, -0.2) is 0 Å². The number of nitrogens with zero attached hydrogens (tertiary/aromatic N) is 1. The summed E-state index contributed by atoms with van der Waals surface area (Å²) in [6, 6.07) is 11.8. The number of carbonyl (C=O) groups excluding carboxylic acids is 2. The molecule has 128 valence electrons. The van der Waals surface area contributed by atoms with E-state index in [2.05, 4.69) is 0 Å². The molecule has 0 aromatic heterocycles. The van der Waals surface area contributed by atoms with Gasteiger partial charge in [0.05, 0.1) is 24.2 Å². The Bertz CT molecular complexity index is 855. The highest BCUT2D eigenvalue weighted by molar-refractivity contribution is 6.33. The van der Waals surface area contributed by atoms with Crippen molar-refractivity contribution < 1.29 is 19.4 Å². The average molecular weight is 358 g/mol. The first-order valence-electron chi connectivity index (χ1n) is 7.68. The lowest BCUT2D eigenvalue weighted by Crippen LogP contribution is -2.08. The fraction of sp³-hybridized carbons (Fsp3) is 0.211. The number of aromatic hydroxyl groups is 1. The van der Waals surface area contributed by atoms with E-state index in [4.69, 9.17) is 16.3 Å². The van der Waals surface area contributed by atoms with Gasteiger partial charge in [-0.2, -0.15) is 5.26 Å². The number of Topliss-reactive ketones (excluding diaryl/α,β-unsaturated/α-hetero) is 1. The van der Waals surface area contributed by atoms with Crippen LogP contribution in [0.25, 0.3) is 11.1 Å². The summed E-state index contributed by atoms with van der Waals surface area (Å²) in [4.78, 5) is 23.8. The van der Waals surface area contributed by atoms with Crippen LogP contribution >= 0.6 is 11.6 Å². The van der Waals surface area contributed by atoms with Crippen LogP contribution in [-0.2, 0) is 9.53 Å². The topological polar surface area (TPSA) is 87.4 Å². The number of carbonyl (C=O) groups is 2. The van der Waals surface area contributed by atoms with Gasteiger partial charge in [0.1, 0.15) is 11.8 Å². The van der Waals surface area contributed by atoms with Gasteiger partial charge in [0.25, 0.3) is 0 Å². The van der Waals surface area contributed by atoms with Gasteiger partial charge in [-0.3, -0.25) is 9.59 Å². The first kappa shape index (κ1) is 18.5. The number of esters is 1. The molecule has 0 aliphatic rings. The van der Waals surface area contributed by atoms with Gasteiger partial charge in [-0.05, 0) is 30.7 Å². The van der Waals surface area contributed by atoms with Crippen LogP contribution in [0.2, 0.25) is 5.02 Å². The molecule has 1 N–H and O–H groups in total. The second-order valence-electron chi connectivity index (χ2n) is 5.24. The molecule has 0 saturated heterocycles. The zero-order valence-corrected chi connectivity index (χ0v) is 14.3. The molecule has 0 radical (unpaired) electrons. The summed E-state index contributed by atoms with van der Waals surface area (Å²) in [5, 5.41) is 19.9. The second-order valence-corrected chi connectivity index (χ2v) is 5.65. The highest BCUT2D eigenvalue weighted by Gasteiger charge is 2.19. The van der Waals surface area contributed by atoms with Crippen molar-refractivity contribution in [2.45, 2.75) is 19.8 Å². The van der Waals surface area contributed by atoms with Crippen molar-refractivity contribution in [3.05, 3.63) is 52.5 Å². The van der Waals surface area contributed by atoms with Crippen molar-refractivity contribution in [3.63, 3.8) is 0 Å². The molecule has 2 rings (SSSR count). The van der Waals surface area contributed by atoms with Crippen LogP contribution in [0.3, 0.4) is 0 Å². The molecule has 6 heteroatoms. The Hall–Kier alpha value is -2.84. The van der Waals surface area contributed by atoms with E-state index >= 15 is 0 Å². The SMILES string of the molecule is CCOC(=O)CCC(=O)c1cc(-c2ccccc2Cl)cc(C#N)c1O. The van der Waals surface area contributed by atoms with E-state index in [0.717, 1.165) is 0 Å². The van der Waals surface area contributed by atoms with E-state index in [1.807, 2.05) is 6.07 Å². The molecule has 0 amide bonds. The molecule has 2 aromatic carbocycles. The molecule has 0 saturated carbocycles. The lowest BCUT2D eigenvalue weighted by molar-refractivity contribution is -0.143. The van der Waals surface area contributed by atoms with Crippen LogP contribution in [0.15, 0.2) is 36.4 Å². The molecule has 2 aromatic rings. The molecule has 0 heterocycles. The van der Waals surface area contributed by atoms with Crippen LogP contribution in [0.1, 0.15) is 35.7 Å². The summed E-state index contributed by atoms with van der Waals surface area (Å²) in [5.41, 5.74) is 1.13. The minimum absolute atomic E-state index is 0.0155. The van der Waals surface area contributed by atoms with Gasteiger partial charge >= 0.3 is 5.97 Å². The Balaban J connectivity index is 2.39. The fourth-order valence-corrected chi connectivity index (χ4v) is 2.61. The molecule has 0 aliphatic carbocycles. The van der Waals surface area contributed by atoms with Gasteiger partial charge in [-0.1, -0.05) is 29.8 Å². The van der Waals surface area contributed by atoms with Gasteiger partial charge < -0.3 is 9.84 Å². The smallest absolute Gasteiger partial charge is 0.306 e. The highest BCUT2D eigenvalue weighted by Crippen LogP contribution is 2.34. The number of ketones is 1. The molecule has 0 bridgehead atoms. The fourth-order valence-electron chi connectivity index (χ4n) is 2.37. The van der Waals surface area contributed by atoms with E-state index in [1.54, 1.807) is 31.2 Å². The Morgan fingerprint density at radius 1 is 1.24 bits per heavy atom. The van der Waals surface area contributed by atoms with Gasteiger partial charge in [-0.15, -0.1) is 0 Å². The zero-order valence-electron chi connectivity index (χ0n) is 13.6. The Labute approximate surface area is 150 Å². The van der Waals surface area contributed by atoms with Crippen molar-refractivity contribution in [3.8, 4) is 22.9 Å². The van der Waals surface area contributed by atoms with Crippen molar-refractivity contribution in [1.82, 2.24) is 0 Å². The lowest BCUT2D eigenvalue weighted by atomic mass is 9.95. The molecule has 0 fully saturated rings. The van der Waals surface area contributed by atoms with Crippen LogP contribution in [-0.4, -0.2) is 23.5 Å². The number of rotatable bonds is 6. The number of halogens is 1. The maximum atomic E-state index is 12.4.